The topological polar surface area (TPSA) is 0 Å². The van der Waals surface area contributed by atoms with Gasteiger partial charge < -0.3 is 0 Å². The minimum Gasteiger partial charge on any atom is -0.127 e. The summed E-state index contributed by atoms with van der Waals surface area (Å²) in [5.74, 6) is 0.722. The van der Waals surface area contributed by atoms with E-state index in [0.29, 0.717) is 0 Å². The van der Waals surface area contributed by atoms with E-state index >= 15 is 0 Å². The Morgan fingerprint density at radius 2 is 1.44 bits per heavy atom. The Morgan fingerprint density at radius 3 is 1.69 bits per heavy atom. The summed E-state index contributed by atoms with van der Waals surface area (Å²) in [6.07, 6.45) is 11.7. The molecule has 2 aliphatic rings. The van der Waals surface area contributed by atoms with Crippen molar-refractivity contribution in [3.63, 3.8) is 0 Å². The molecule has 0 saturated heterocycles. The zero-order chi connectivity index (χ0) is 12.0. The van der Waals surface area contributed by atoms with E-state index in [4.69, 9.17) is 11.6 Å². The molecule has 0 unspecified atom stereocenters. The largest absolute Gasteiger partial charge is 0.127 e. The summed E-state index contributed by atoms with van der Waals surface area (Å²) in [5.41, 5.74) is 3.13. The van der Waals surface area contributed by atoms with Gasteiger partial charge >= 0.3 is 91.7 Å². The van der Waals surface area contributed by atoms with Gasteiger partial charge in [-0.05, 0) is 0 Å². The smallest absolute Gasteiger partial charge is 0.0195 e. The number of hydrogen-bond donors (Lipinski definition) is 0. The van der Waals surface area contributed by atoms with Crippen LogP contribution in [0.15, 0.2) is 42.1 Å². The second-order valence-electron chi connectivity index (χ2n) is 3.93. The Bertz CT molecular complexity index is 325. The summed E-state index contributed by atoms with van der Waals surface area (Å²) in [4.78, 5) is 0. The number of rotatable bonds is 2. The summed E-state index contributed by atoms with van der Waals surface area (Å²) in [6, 6.07) is 0. The van der Waals surface area contributed by atoms with Gasteiger partial charge in [-0.2, -0.15) is 0 Å². The van der Waals surface area contributed by atoms with Crippen LogP contribution in [0.3, 0.4) is 0 Å². The minimum absolute atomic E-state index is 0.612. The van der Waals surface area contributed by atoms with Crippen molar-refractivity contribution in [3.8, 4) is 0 Å². The van der Waals surface area contributed by atoms with Crippen molar-refractivity contribution in [2.24, 2.45) is 0 Å². The third kappa shape index (κ3) is 4.18. The van der Waals surface area contributed by atoms with Gasteiger partial charge in [-0.15, -0.1) is 11.6 Å². The van der Waals surface area contributed by atoms with E-state index in [2.05, 4.69) is 38.2 Å². The molecule has 0 N–H and O–H groups in total. The molecule has 2 aliphatic carbocycles. The second kappa shape index (κ2) is 7.45. The van der Waals surface area contributed by atoms with Gasteiger partial charge in [0.25, 0.3) is 0 Å². The standard InChI is InChI=1S/2C6H7.C2H5Cl.Hf/c2*1-6-4-2-3-5-6;1-2-3;/h2*2,4H,3H2,1H3;2H2,1H3;. The molecule has 0 aliphatic heterocycles. The van der Waals surface area contributed by atoms with Crippen molar-refractivity contribution in [1.29, 1.82) is 0 Å². The molecule has 86 valence electrons. The fourth-order valence-electron chi connectivity index (χ4n) is 1.71. The first kappa shape index (κ1) is 14.2. The predicted octanol–water partition coefficient (Wildman–Crippen LogP) is 4.78. The Balaban J connectivity index is 0.000000386. The van der Waals surface area contributed by atoms with E-state index in [0.717, 1.165) is 5.88 Å². The van der Waals surface area contributed by atoms with Crippen LogP contribution in [-0.2, 0) is 22.9 Å². The van der Waals surface area contributed by atoms with Crippen LogP contribution in [0.2, 0.25) is 0 Å². The first-order valence-corrected chi connectivity index (χ1v) is 9.87. The number of halogens is 1. The van der Waals surface area contributed by atoms with Gasteiger partial charge in [0.2, 0.25) is 0 Å². The van der Waals surface area contributed by atoms with Crippen LogP contribution in [0, 0.1) is 0 Å². The van der Waals surface area contributed by atoms with Crippen LogP contribution in [0.1, 0.15) is 33.6 Å². The molecule has 0 spiro atoms. The van der Waals surface area contributed by atoms with Crippen molar-refractivity contribution in [1.82, 2.24) is 0 Å². The Hall–Kier alpha value is 0.120. The molecule has 0 amide bonds. The number of hydrogen-bond acceptors (Lipinski definition) is 0. The van der Waals surface area contributed by atoms with Crippen molar-refractivity contribution in [2.45, 2.75) is 33.6 Å². The van der Waals surface area contributed by atoms with Crippen LogP contribution in [0.5, 0.6) is 0 Å². The first-order chi connectivity index (χ1) is 7.69. The SMILES string of the molecule is CC1=[C]([Hf][C]2=C(C)C=CC2)CC=C1.CCCl. The quantitative estimate of drug-likeness (QED) is 0.462. The van der Waals surface area contributed by atoms with E-state index < -0.39 is 22.9 Å². The fraction of sp³-hybridized carbons (Fsp3) is 0.429. The summed E-state index contributed by atoms with van der Waals surface area (Å²) in [6.45, 7) is 6.43. The molecule has 0 saturated carbocycles. The van der Waals surface area contributed by atoms with Gasteiger partial charge in [0.15, 0.2) is 0 Å². The van der Waals surface area contributed by atoms with Crippen LogP contribution in [0.25, 0.3) is 0 Å². The van der Waals surface area contributed by atoms with E-state index in [1.54, 1.807) is 17.8 Å². The minimum atomic E-state index is -0.612. The van der Waals surface area contributed by atoms with Gasteiger partial charge in [0, 0.05) is 5.88 Å². The maximum Gasteiger partial charge on any atom is 0.0195 e. The molecule has 0 nitrogen and oxygen atoms in total. The molecule has 0 radical (unpaired) electrons. The van der Waals surface area contributed by atoms with Crippen LogP contribution in [-0.4, -0.2) is 5.88 Å². The van der Waals surface area contributed by atoms with Gasteiger partial charge in [-0.1, -0.05) is 6.92 Å². The molecule has 0 aromatic heterocycles. The second-order valence-corrected chi connectivity index (χ2v) is 9.70. The summed E-state index contributed by atoms with van der Waals surface area (Å²) in [7, 11) is 0. The van der Waals surface area contributed by atoms with E-state index in [9.17, 15) is 0 Å². The zero-order valence-corrected chi connectivity index (χ0v) is 14.7. The molecule has 0 fully saturated rings. The van der Waals surface area contributed by atoms with Crippen LogP contribution < -0.4 is 0 Å². The van der Waals surface area contributed by atoms with Gasteiger partial charge in [0.1, 0.15) is 0 Å². The molecule has 0 heterocycles. The Morgan fingerprint density at radius 1 is 1.06 bits per heavy atom. The molecule has 0 aromatic rings. The molecular weight excluding hydrogens is 382 g/mol. The first-order valence-electron chi connectivity index (χ1n) is 5.74. The molecule has 0 atom stereocenters. The van der Waals surface area contributed by atoms with Crippen molar-refractivity contribution in [2.75, 3.05) is 5.88 Å². The number of alkyl halides is 1. The van der Waals surface area contributed by atoms with Crippen molar-refractivity contribution in [3.05, 3.63) is 42.1 Å². The van der Waals surface area contributed by atoms with Gasteiger partial charge in [0.05, 0.1) is 0 Å². The maximum atomic E-state index is 5.00. The van der Waals surface area contributed by atoms with Crippen molar-refractivity contribution < 1.29 is 22.9 Å². The van der Waals surface area contributed by atoms with E-state index in [1.165, 1.54) is 12.8 Å². The Labute approximate surface area is 116 Å². The maximum absolute atomic E-state index is 5.00. The van der Waals surface area contributed by atoms with Crippen LogP contribution >= 0.6 is 11.6 Å². The zero-order valence-electron chi connectivity index (χ0n) is 10.3. The Kier molecular flexibility index (Phi) is 6.60. The van der Waals surface area contributed by atoms with E-state index in [-0.39, 0.29) is 0 Å². The predicted molar refractivity (Wildman–Crippen MR) is 69.3 cm³/mol. The molecule has 2 rings (SSSR count). The van der Waals surface area contributed by atoms with E-state index in [1.807, 2.05) is 6.92 Å². The molecule has 16 heavy (non-hydrogen) atoms. The normalized spacial score (nSPS) is 18.0. The number of allylic oxidation sites excluding steroid dienone is 8. The summed E-state index contributed by atoms with van der Waals surface area (Å²) < 4.78 is 3.61. The fourth-order valence-corrected chi connectivity index (χ4v) is 6.62. The van der Waals surface area contributed by atoms with Gasteiger partial charge in [-0.25, -0.2) is 0 Å². The third-order valence-corrected chi connectivity index (χ3v) is 9.10. The molecule has 0 aromatic carbocycles. The molecule has 2 heteroatoms. The molecule has 0 bridgehead atoms. The van der Waals surface area contributed by atoms with Crippen molar-refractivity contribution >= 4 is 11.6 Å². The molecular formula is C14H19ClHf. The monoisotopic (exact) mass is 402 g/mol. The van der Waals surface area contributed by atoms with Crippen LogP contribution in [0.4, 0.5) is 0 Å². The summed E-state index contributed by atoms with van der Waals surface area (Å²) in [5, 5.41) is 0. The third-order valence-electron chi connectivity index (χ3n) is 2.63. The average molecular weight is 401 g/mol. The van der Waals surface area contributed by atoms with Gasteiger partial charge in [-0.3, -0.25) is 0 Å². The summed E-state index contributed by atoms with van der Waals surface area (Å²) >= 11 is 4.39. The average Bonchev–Trinajstić information content (AvgIpc) is 2.80.